The van der Waals surface area contributed by atoms with Crippen molar-refractivity contribution in [3.63, 3.8) is 0 Å². The standard InChI is InChI=1S/C17H17NO2S/c1-11(15(20)10-19)12-7-8-17-14(9-12)18(2)13-5-3-4-6-16(13)21-17/h3-9,11,19H,10H2,1-2H3. The third kappa shape index (κ3) is 2.45. The number of para-hydroxylation sites is 1. The predicted molar refractivity (Wildman–Crippen MR) is 85.6 cm³/mol. The first kappa shape index (κ1) is 14.2. The molecule has 0 fully saturated rings. The zero-order valence-corrected chi connectivity index (χ0v) is 12.9. The predicted octanol–water partition coefficient (Wildman–Crippen LogP) is 3.58. The molecule has 108 valence electrons. The lowest BCUT2D eigenvalue weighted by Gasteiger charge is -2.30. The van der Waals surface area contributed by atoms with E-state index in [0.29, 0.717) is 0 Å². The fourth-order valence-electron chi connectivity index (χ4n) is 2.54. The van der Waals surface area contributed by atoms with Gasteiger partial charge in [0.05, 0.1) is 11.4 Å². The molecule has 1 aliphatic rings. The fraction of sp³-hybridized carbons (Fsp3) is 0.235. The lowest BCUT2D eigenvalue weighted by molar-refractivity contribution is -0.122. The number of carbonyl (C=O) groups excluding carboxylic acids is 1. The summed E-state index contributed by atoms with van der Waals surface area (Å²) in [6.45, 7) is 1.43. The Morgan fingerprint density at radius 3 is 2.67 bits per heavy atom. The highest BCUT2D eigenvalue weighted by Gasteiger charge is 2.22. The highest BCUT2D eigenvalue weighted by Crippen LogP contribution is 2.47. The average molecular weight is 299 g/mol. The van der Waals surface area contributed by atoms with Crippen molar-refractivity contribution in [2.45, 2.75) is 22.6 Å². The second-order valence-electron chi connectivity index (χ2n) is 5.20. The maximum absolute atomic E-state index is 11.7. The summed E-state index contributed by atoms with van der Waals surface area (Å²) >= 11 is 1.74. The molecule has 1 unspecified atom stereocenters. The molecule has 4 heteroatoms. The number of anilines is 2. The summed E-state index contributed by atoms with van der Waals surface area (Å²) in [5.74, 6) is -0.433. The van der Waals surface area contributed by atoms with Gasteiger partial charge in [-0.3, -0.25) is 4.79 Å². The molecule has 1 heterocycles. The molecule has 1 atom stereocenters. The van der Waals surface area contributed by atoms with Gasteiger partial charge in [0.15, 0.2) is 5.78 Å². The largest absolute Gasteiger partial charge is 0.389 e. The number of benzene rings is 2. The van der Waals surface area contributed by atoms with Crippen LogP contribution in [0.5, 0.6) is 0 Å². The minimum absolute atomic E-state index is 0.151. The number of aliphatic hydroxyl groups excluding tert-OH is 1. The van der Waals surface area contributed by atoms with Crippen LogP contribution in [-0.2, 0) is 4.79 Å². The molecule has 2 aromatic rings. The minimum atomic E-state index is -0.411. The summed E-state index contributed by atoms with van der Waals surface area (Å²) in [5, 5.41) is 9.02. The Labute approximate surface area is 128 Å². The van der Waals surface area contributed by atoms with Crippen molar-refractivity contribution < 1.29 is 9.90 Å². The third-order valence-electron chi connectivity index (χ3n) is 3.93. The summed E-state index contributed by atoms with van der Waals surface area (Å²) in [6, 6.07) is 14.4. The van der Waals surface area contributed by atoms with Crippen LogP contribution in [0.1, 0.15) is 18.4 Å². The van der Waals surface area contributed by atoms with E-state index in [1.54, 1.807) is 11.8 Å². The van der Waals surface area contributed by atoms with Crippen molar-refractivity contribution in [3.05, 3.63) is 48.0 Å². The molecule has 0 spiro atoms. The minimum Gasteiger partial charge on any atom is -0.389 e. The summed E-state index contributed by atoms with van der Waals surface area (Å²) in [4.78, 5) is 16.3. The first-order valence-electron chi connectivity index (χ1n) is 6.90. The number of aliphatic hydroxyl groups is 1. The van der Waals surface area contributed by atoms with E-state index in [4.69, 9.17) is 5.11 Å². The van der Waals surface area contributed by atoms with Crippen molar-refractivity contribution in [3.8, 4) is 0 Å². The maximum Gasteiger partial charge on any atom is 0.165 e. The molecule has 0 radical (unpaired) electrons. The molecular weight excluding hydrogens is 282 g/mol. The molecule has 1 aliphatic heterocycles. The van der Waals surface area contributed by atoms with E-state index in [1.807, 2.05) is 32.2 Å². The molecule has 3 nitrogen and oxygen atoms in total. The molecule has 3 rings (SSSR count). The van der Waals surface area contributed by atoms with Crippen molar-refractivity contribution in [1.29, 1.82) is 0 Å². The summed E-state index contributed by atoms with van der Waals surface area (Å²) < 4.78 is 0. The number of hydrogen-bond donors (Lipinski definition) is 1. The number of hydrogen-bond acceptors (Lipinski definition) is 4. The van der Waals surface area contributed by atoms with Gasteiger partial charge in [0.2, 0.25) is 0 Å². The Balaban J connectivity index is 2.01. The van der Waals surface area contributed by atoms with Crippen molar-refractivity contribution in [1.82, 2.24) is 0 Å². The highest BCUT2D eigenvalue weighted by molar-refractivity contribution is 7.99. The summed E-state index contributed by atoms with van der Waals surface area (Å²) in [6.07, 6.45) is 0. The highest BCUT2D eigenvalue weighted by atomic mass is 32.2. The first-order valence-corrected chi connectivity index (χ1v) is 7.71. The SMILES string of the molecule is CC(C(=O)CO)c1ccc2c(c1)N(C)c1ccccc1S2. The van der Waals surface area contributed by atoms with Crippen LogP contribution in [0.15, 0.2) is 52.3 Å². The fourth-order valence-corrected chi connectivity index (χ4v) is 3.67. The molecule has 0 aromatic heterocycles. The molecule has 0 bridgehead atoms. The molecular formula is C17H17NO2S. The van der Waals surface area contributed by atoms with E-state index < -0.39 is 6.61 Å². The van der Waals surface area contributed by atoms with Gasteiger partial charge in [0, 0.05) is 22.8 Å². The van der Waals surface area contributed by atoms with Crippen LogP contribution in [0, 0.1) is 0 Å². The quantitative estimate of drug-likeness (QED) is 0.940. The number of nitrogens with zero attached hydrogens (tertiary/aromatic N) is 1. The van der Waals surface area contributed by atoms with E-state index >= 15 is 0 Å². The molecule has 21 heavy (non-hydrogen) atoms. The van der Waals surface area contributed by atoms with Gasteiger partial charge in [-0.15, -0.1) is 0 Å². The summed E-state index contributed by atoms with van der Waals surface area (Å²) in [7, 11) is 2.04. The molecule has 0 amide bonds. The van der Waals surface area contributed by atoms with Gasteiger partial charge in [0.25, 0.3) is 0 Å². The number of ketones is 1. The van der Waals surface area contributed by atoms with Crippen LogP contribution in [0.25, 0.3) is 0 Å². The van der Waals surface area contributed by atoms with Gasteiger partial charge in [-0.2, -0.15) is 0 Å². The number of fused-ring (bicyclic) bond motifs is 2. The normalized spacial score (nSPS) is 14.3. The van der Waals surface area contributed by atoms with E-state index in [9.17, 15) is 4.79 Å². The van der Waals surface area contributed by atoms with Crippen LogP contribution >= 0.6 is 11.8 Å². The van der Waals surface area contributed by atoms with Crippen LogP contribution in [0.3, 0.4) is 0 Å². The zero-order valence-electron chi connectivity index (χ0n) is 12.0. The number of rotatable bonds is 3. The van der Waals surface area contributed by atoms with Gasteiger partial charge in [-0.05, 0) is 29.8 Å². The molecule has 0 aliphatic carbocycles. The Morgan fingerprint density at radius 1 is 1.19 bits per heavy atom. The third-order valence-corrected chi connectivity index (χ3v) is 5.06. The average Bonchev–Trinajstić information content (AvgIpc) is 2.53. The molecule has 0 saturated carbocycles. The Kier molecular flexibility index (Phi) is 3.74. The van der Waals surface area contributed by atoms with Crippen LogP contribution in [-0.4, -0.2) is 24.5 Å². The summed E-state index contributed by atoms with van der Waals surface area (Å²) in [5.41, 5.74) is 3.22. The van der Waals surface area contributed by atoms with E-state index in [2.05, 4.69) is 29.2 Å². The molecule has 1 N–H and O–H groups in total. The van der Waals surface area contributed by atoms with Gasteiger partial charge < -0.3 is 10.0 Å². The van der Waals surface area contributed by atoms with Crippen LogP contribution < -0.4 is 4.90 Å². The van der Waals surface area contributed by atoms with Crippen LogP contribution in [0.4, 0.5) is 11.4 Å². The lowest BCUT2D eigenvalue weighted by atomic mass is 9.96. The Morgan fingerprint density at radius 2 is 1.90 bits per heavy atom. The smallest absolute Gasteiger partial charge is 0.165 e. The topological polar surface area (TPSA) is 40.5 Å². The first-order chi connectivity index (χ1) is 10.1. The van der Waals surface area contributed by atoms with E-state index in [1.165, 1.54) is 15.5 Å². The van der Waals surface area contributed by atoms with Gasteiger partial charge in [-0.1, -0.05) is 36.9 Å². The Hall–Kier alpha value is -1.78. The van der Waals surface area contributed by atoms with Crippen molar-refractivity contribution >= 4 is 28.9 Å². The number of carbonyl (C=O) groups is 1. The second kappa shape index (κ2) is 5.54. The van der Waals surface area contributed by atoms with Gasteiger partial charge in [0.1, 0.15) is 6.61 Å². The van der Waals surface area contributed by atoms with Crippen molar-refractivity contribution in [2.24, 2.45) is 0 Å². The monoisotopic (exact) mass is 299 g/mol. The van der Waals surface area contributed by atoms with Crippen LogP contribution in [0.2, 0.25) is 0 Å². The van der Waals surface area contributed by atoms with Gasteiger partial charge >= 0.3 is 0 Å². The zero-order chi connectivity index (χ0) is 15.0. The molecule has 0 saturated heterocycles. The maximum atomic E-state index is 11.7. The van der Waals surface area contributed by atoms with Gasteiger partial charge in [-0.25, -0.2) is 0 Å². The number of Topliss-reactive ketones (excluding diaryl/α,β-unsaturated/α-hetero) is 1. The van der Waals surface area contributed by atoms with E-state index in [-0.39, 0.29) is 11.7 Å². The molecule has 2 aromatic carbocycles. The second-order valence-corrected chi connectivity index (χ2v) is 6.29. The lowest BCUT2D eigenvalue weighted by Crippen LogP contribution is -2.17. The Bertz CT molecular complexity index is 699. The van der Waals surface area contributed by atoms with E-state index in [0.717, 1.165) is 11.3 Å². The van der Waals surface area contributed by atoms with Crippen molar-refractivity contribution in [2.75, 3.05) is 18.6 Å².